The molecule has 0 aromatic carbocycles. The highest BCUT2D eigenvalue weighted by atomic mass is 16.5. The van der Waals surface area contributed by atoms with E-state index < -0.39 is 11.1 Å². The number of rotatable bonds is 6. The normalized spacial score (nSPS) is 26.5. The Morgan fingerprint density at radius 1 is 1.53 bits per heavy atom. The van der Waals surface area contributed by atoms with E-state index in [9.17, 15) is 0 Å². The number of hydrogen-bond acceptors (Lipinski definition) is 6. The Morgan fingerprint density at radius 2 is 2.32 bits per heavy atom. The van der Waals surface area contributed by atoms with Gasteiger partial charge in [-0.15, -0.1) is 0 Å². The van der Waals surface area contributed by atoms with Crippen LogP contribution in [0.5, 0.6) is 0 Å². The van der Waals surface area contributed by atoms with E-state index in [1.807, 2.05) is 13.8 Å². The number of hydrogen-bond donors (Lipinski definition) is 1. The first kappa shape index (κ1) is 14.4. The summed E-state index contributed by atoms with van der Waals surface area (Å²) in [6.45, 7) is 7.65. The van der Waals surface area contributed by atoms with Crippen LogP contribution in [0.1, 0.15) is 51.7 Å². The minimum Gasteiger partial charge on any atom is -0.379 e. The van der Waals surface area contributed by atoms with E-state index >= 15 is 0 Å². The summed E-state index contributed by atoms with van der Waals surface area (Å²) >= 11 is 0. The van der Waals surface area contributed by atoms with Crippen LogP contribution in [0.15, 0.2) is 4.52 Å². The average molecular weight is 269 g/mol. The van der Waals surface area contributed by atoms with Gasteiger partial charge in [-0.25, -0.2) is 0 Å². The molecule has 6 heteroatoms. The van der Waals surface area contributed by atoms with Crippen LogP contribution in [0.25, 0.3) is 0 Å². The van der Waals surface area contributed by atoms with Gasteiger partial charge < -0.3 is 19.7 Å². The molecule has 108 valence electrons. The second-order valence-electron chi connectivity index (χ2n) is 5.58. The van der Waals surface area contributed by atoms with Gasteiger partial charge in [-0.3, -0.25) is 0 Å². The fraction of sp³-hybridized carbons (Fsp3) is 0.846. The van der Waals surface area contributed by atoms with E-state index in [0.29, 0.717) is 24.9 Å². The van der Waals surface area contributed by atoms with Gasteiger partial charge in [0.1, 0.15) is 11.1 Å². The second-order valence-corrected chi connectivity index (χ2v) is 5.58. The van der Waals surface area contributed by atoms with Crippen LogP contribution in [-0.4, -0.2) is 30.0 Å². The molecule has 2 atom stereocenters. The predicted molar refractivity (Wildman–Crippen MR) is 69.5 cm³/mol. The van der Waals surface area contributed by atoms with Crippen molar-refractivity contribution in [2.45, 2.75) is 51.2 Å². The summed E-state index contributed by atoms with van der Waals surface area (Å²) in [5, 5.41) is 3.99. The summed E-state index contributed by atoms with van der Waals surface area (Å²) in [5.41, 5.74) is 4.97. The molecule has 19 heavy (non-hydrogen) atoms. The molecule has 1 fully saturated rings. The fourth-order valence-electron chi connectivity index (χ4n) is 2.11. The van der Waals surface area contributed by atoms with Crippen molar-refractivity contribution in [3.05, 3.63) is 11.7 Å². The Labute approximate surface area is 113 Å². The van der Waals surface area contributed by atoms with E-state index in [-0.39, 0.29) is 0 Å². The third-order valence-electron chi connectivity index (χ3n) is 3.36. The monoisotopic (exact) mass is 269 g/mol. The first-order chi connectivity index (χ1) is 8.98. The van der Waals surface area contributed by atoms with Gasteiger partial charge in [-0.2, -0.15) is 4.98 Å². The molecule has 1 aliphatic heterocycles. The molecule has 2 N–H and O–H groups in total. The highest BCUT2D eigenvalue weighted by Crippen LogP contribution is 2.35. The van der Waals surface area contributed by atoms with Crippen LogP contribution in [0.2, 0.25) is 0 Å². The van der Waals surface area contributed by atoms with Crippen LogP contribution >= 0.6 is 0 Å². The third kappa shape index (κ3) is 3.13. The predicted octanol–water partition coefficient (Wildman–Crippen LogP) is 1.70. The molecule has 1 aromatic rings. The molecule has 0 aliphatic carbocycles. The Kier molecular flexibility index (Phi) is 4.23. The van der Waals surface area contributed by atoms with Gasteiger partial charge in [0.15, 0.2) is 5.82 Å². The van der Waals surface area contributed by atoms with Crippen molar-refractivity contribution in [3.63, 3.8) is 0 Å². The summed E-state index contributed by atoms with van der Waals surface area (Å²) < 4.78 is 16.5. The van der Waals surface area contributed by atoms with Gasteiger partial charge in [0.05, 0.1) is 6.61 Å². The summed E-state index contributed by atoms with van der Waals surface area (Å²) in [5.74, 6) is 0.975. The minimum atomic E-state index is -0.744. The topological polar surface area (TPSA) is 83.4 Å². The third-order valence-corrected chi connectivity index (χ3v) is 3.36. The molecule has 6 nitrogen and oxygen atoms in total. The first-order valence-electron chi connectivity index (χ1n) is 6.83. The van der Waals surface area contributed by atoms with E-state index in [0.717, 1.165) is 25.9 Å². The zero-order valence-corrected chi connectivity index (χ0v) is 11.9. The minimum absolute atomic E-state index is 0.372. The molecule has 0 bridgehead atoms. The summed E-state index contributed by atoms with van der Waals surface area (Å²) in [6, 6.07) is 0. The quantitative estimate of drug-likeness (QED) is 0.791. The van der Waals surface area contributed by atoms with Crippen molar-refractivity contribution in [1.82, 2.24) is 10.1 Å². The Balaban J connectivity index is 2.07. The number of aromatic nitrogens is 2. The van der Waals surface area contributed by atoms with E-state index in [1.54, 1.807) is 0 Å². The second kappa shape index (κ2) is 5.56. The summed E-state index contributed by atoms with van der Waals surface area (Å²) in [7, 11) is 0. The van der Waals surface area contributed by atoms with Crippen molar-refractivity contribution < 1.29 is 14.0 Å². The molecule has 1 aromatic heterocycles. The van der Waals surface area contributed by atoms with Crippen LogP contribution in [0, 0.1) is 0 Å². The maximum absolute atomic E-state index is 6.18. The van der Waals surface area contributed by atoms with Gasteiger partial charge in [-0.1, -0.05) is 12.1 Å². The maximum Gasteiger partial charge on any atom is 0.258 e. The largest absolute Gasteiger partial charge is 0.379 e. The molecule has 2 heterocycles. The lowest BCUT2D eigenvalue weighted by Crippen LogP contribution is -2.39. The molecular weight excluding hydrogens is 246 g/mol. The molecule has 1 saturated heterocycles. The lowest BCUT2D eigenvalue weighted by Gasteiger charge is -2.20. The van der Waals surface area contributed by atoms with Crippen LogP contribution in [0.4, 0.5) is 0 Å². The van der Waals surface area contributed by atoms with Crippen molar-refractivity contribution in [2.24, 2.45) is 5.73 Å². The smallest absolute Gasteiger partial charge is 0.258 e. The summed E-state index contributed by atoms with van der Waals surface area (Å²) in [4.78, 5) is 4.41. The number of nitrogens with two attached hydrogens (primary N) is 1. The van der Waals surface area contributed by atoms with Crippen molar-refractivity contribution in [3.8, 4) is 0 Å². The van der Waals surface area contributed by atoms with Gasteiger partial charge >= 0.3 is 0 Å². The molecule has 0 saturated carbocycles. The van der Waals surface area contributed by atoms with Gasteiger partial charge in [-0.05, 0) is 33.1 Å². The number of nitrogens with zero attached hydrogens (tertiary/aromatic N) is 2. The Bertz CT molecular complexity index is 411. The lowest BCUT2D eigenvalue weighted by atomic mass is 10.0. The lowest BCUT2D eigenvalue weighted by molar-refractivity contribution is -0.00937. The van der Waals surface area contributed by atoms with Gasteiger partial charge in [0.25, 0.3) is 5.89 Å². The zero-order valence-electron chi connectivity index (χ0n) is 11.9. The zero-order chi connectivity index (χ0) is 13.9. The fourth-order valence-corrected chi connectivity index (χ4v) is 2.11. The van der Waals surface area contributed by atoms with Gasteiger partial charge in [0.2, 0.25) is 0 Å². The van der Waals surface area contributed by atoms with Crippen molar-refractivity contribution in [1.29, 1.82) is 0 Å². The Morgan fingerprint density at radius 3 is 2.95 bits per heavy atom. The highest BCUT2D eigenvalue weighted by Gasteiger charge is 2.39. The van der Waals surface area contributed by atoms with Crippen LogP contribution in [0.3, 0.4) is 0 Å². The van der Waals surface area contributed by atoms with Crippen LogP contribution in [-0.2, 0) is 20.6 Å². The standard InChI is InChI=1S/C13H23N3O3/c1-4-7-17-9-12(2,14)10-15-11(19-16-10)13(3)6-5-8-18-13/h4-9,14H2,1-3H3. The van der Waals surface area contributed by atoms with Crippen molar-refractivity contribution in [2.75, 3.05) is 19.8 Å². The van der Waals surface area contributed by atoms with E-state index in [1.165, 1.54) is 0 Å². The summed E-state index contributed by atoms with van der Waals surface area (Å²) in [6.07, 6.45) is 2.86. The highest BCUT2D eigenvalue weighted by molar-refractivity contribution is 5.06. The van der Waals surface area contributed by atoms with Crippen LogP contribution < -0.4 is 5.73 Å². The molecule has 1 aliphatic rings. The SMILES string of the molecule is CCCOCC(C)(N)c1noc(C2(C)CCCO2)n1. The van der Waals surface area contributed by atoms with E-state index in [4.69, 9.17) is 19.7 Å². The van der Waals surface area contributed by atoms with Crippen molar-refractivity contribution >= 4 is 0 Å². The maximum atomic E-state index is 6.18. The molecule has 0 spiro atoms. The average Bonchev–Trinajstić information content (AvgIpc) is 2.98. The first-order valence-corrected chi connectivity index (χ1v) is 6.83. The Hall–Kier alpha value is -0.980. The molecule has 2 unspecified atom stereocenters. The molecule has 0 radical (unpaired) electrons. The molecule has 2 rings (SSSR count). The molecular formula is C13H23N3O3. The number of ether oxygens (including phenoxy) is 2. The van der Waals surface area contributed by atoms with E-state index in [2.05, 4.69) is 17.1 Å². The van der Waals surface area contributed by atoms with Gasteiger partial charge in [0, 0.05) is 13.2 Å². The molecule has 0 amide bonds.